The van der Waals surface area contributed by atoms with Gasteiger partial charge in [0.25, 0.3) is 5.91 Å². The summed E-state index contributed by atoms with van der Waals surface area (Å²) in [6.07, 6.45) is 1.47. The second kappa shape index (κ2) is 10.7. The Hall–Kier alpha value is -3.46. The Morgan fingerprint density at radius 3 is 2.34 bits per heavy atom. The number of nitriles is 1. The molecule has 0 heterocycles. The zero-order chi connectivity index (χ0) is 23.1. The van der Waals surface area contributed by atoms with Gasteiger partial charge in [0.1, 0.15) is 18.2 Å². The van der Waals surface area contributed by atoms with Gasteiger partial charge in [-0.05, 0) is 54.5 Å². The van der Waals surface area contributed by atoms with Crippen LogP contribution in [0.5, 0.6) is 11.5 Å². The Labute approximate surface area is 196 Å². The maximum atomic E-state index is 12.5. The lowest BCUT2D eigenvalue weighted by atomic mass is 10.1. The highest BCUT2D eigenvalue weighted by Gasteiger charge is 2.12. The molecule has 0 saturated heterocycles. The molecular weight excluding hydrogens is 447 g/mol. The number of carbonyl (C=O) groups is 1. The minimum absolute atomic E-state index is 0.0866. The van der Waals surface area contributed by atoms with E-state index >= 15 is 0 Å². The zero-order valence-corrected chi connectivity index (χ0v) is 19.0. The third-order valence-corrected chi connectivity index (χ3v) is 4.94. The molecule has 32 heavy (non-hydrogen) atoms. The van der Waals surface area contributed by atoms with Gasteiger partial charge in [0.05, 0.1) is 7.11 Å². The molecule has 0 unspecified atom stereocenters. The van der Waals surface area contributed by atoms with Crippen LogP contribution in [0, 0.1) is 18.3 Å². The predicted octanol–water partition coefficient (Wildman–Crippen LogP) is 6.44. The minimum Gasteiger partial charge on any atom is -0.493 e. The number of rotatable bonds is 7. The summed E-state index contributed by atoms with van der Waals surface area (Å²) in [4.78, 5) is 12.5. The summed E-state index contributed by atoms with van der Waals surface area (Å²) in [7, 11) is 1.53. The number of hydrogen-bond acceptors (Lipinski definition) is 4. The van der Waals surface area contributed by atoms with Gasteiger partial charge in [-0.25, -0.2) is 0 Å². The van der Waals surface area contributed by atoms with Crippen molar-refractivity contribution in [3.8, 4) is 17.6 Å². The fourth-order valence-corrected chi connectivity index (χ4v) is 3.40. The molecule has 3 aromatic carbocycles. The first-order valence-corrected chi connectivity index (χ1v) is 10.4. The van der Waals surface area contributed by atoms with Gasteiger partial charge in [-0.1, -0.05) is 59.1 Å². The number of anilines is 1. The number of hydrogen-bond donors (Lipinski definition) is 1. The SMILES string of the molecule is COc1cc(/C=C(/C#N)C(=O)Nc2cc(Cl)cc(Cl)c2)ccc1OCc1ccc(C)cc1. The molecule has 1 amide bonds. The molecular formula is C25H20Cl2N2O3. The molecule has 0 aliphatic rings. The van der Waals surface area contributed by atoms with Crippen molar-refractivity contribution in [2.45, 2.75) is 13.5 Å². The minimum atomic E-state index is -0.579. The van der Waals surface area contributed by atoms with Crippen molar-refractivity contribution in [2.24, 2.45) is 0 Å². The average Bonchev–Trinajstić information content (AvgIpc) is 2.76. The molecule has 162 valence electrons. The number of carbonyl (C=O) groups excluding carboxylic acids is 1. The van der Waals surface area contributed by atoms with Gasteiger partial charge in [0, 0.05) is 15.7 Å². The number of halogens is 2. The summed E-state index contributed by atoms with van der Waals surface area (Å²) in [5.41, 5.74) is 3.13. The maximum Gasteiger partial charge on any atom is 0.266 e. The first-order valence-electron chi connectivity index (χ1n) is 9.63. The highest BCUT2D eigenvalue weighted by molar-refractivity contribution is 6.35. The zero-order valence-electron chi connectivity index (χ0n) is 17.5. The molecule has 0 radical (unpaired) electrons. The fraction of sp³-hybridized carbons (Fsp3) is 0.120. The van der Waals surface area contributed by atoms with Crippen molar-refractivity contribution in [2.75, 3.05) is 12.4 Å². The van der Waals surface area contributed by atoms with Crippen LogP contribution in [0.2, 0.25) is 10.0 Å². The molecule has 5 nitrogen and oxygen atoms in total. The van der Waals surface area contributed by atoms with Crippen LogP contribution >= 0.6 is 23.2 Å². The number of nitrogens with zero attached hydrogens (tertiary/aromatic N) is 1. The first kappa shape index (κ1) is 23.2. The smallest absolute Gasteiger partial charge is 0.266 e. The number of ether oxygens (including phenoxy) is 2. The van der Waals surface area contributed by atoms with Crippen molar-refractivity contribution in [3.05, 3.63) is 93.0 Å². The molecule has 1 N–H and O–H groups in total. The van der Waals surface area contributed by atoms with Crippen molar-refractivity contribution in [3.63, 3.8) is 0 Å². The van der Waals surface area contributed by atoms with Crippen LogP contribution in [0.25, 0.3) is 6.08 Å². The van der Waals surface area contributed by atoms with E-state index in [1.807, 2.05) is 37.3 Å². The van der Waals surface area contributed by atoms with Gasteiger partial charge >= 0.3 is 0 Å². The Bertz CT molecular complexity index is 1180. The number of methoxy groups -OCH3 is 1. The summed E-state index contributed by atoms with van der Waals surface area (Å²) in [5.74, 6) is 0.469. The van der Waals surface area contributed by atoms with Crippen LogP contribution in [0.4, 0.5) is 5.69 Å². The number of aryl methyl sites for hydroxylation is 1. The van der Waals surface area contributed by atoms with Gasteiger partial charge in [0.2, 0.25) is 0 Å². The molecule has 0 spiro atoms. The van der Waals surface area contributed by atoms with Crippen molar-refractivity contribution >= 4 is 40.9 Å². The molecule has 0 aliphatic carbocycles. The quantitative estimate of drug-likeness (QED) is 0.321. The van der Waals surface area contributed by atoms with Gasteiger partial charge in [-0.2, -0.15) is 5.26 Å². The van der Waals surface area contributed by atoms with E-state index in [-0.39, 0.29) is 5.57 Å². The van der Waals surface area contributed by atoms with Crippen LogP contribution < -0.4 is 14.8 Å². The van der Waals surface area contributed by atoms with Crippen LogP contribution in [-0.2, 0) is 11.4 Å². The maximum absolute atomic E-state index is 12.5. The highest BCUT2D eigenvalue weighted by atomic mass is 35.5. The summed E-state index contributed by atoms with van der Waals surface area (Å²) in [5, 5.41) is 12.8. The molecule has 0 bridgehead atoms. The van der Waals surface area contributed by atoms with E-state index in [0.717, 1.165) is 5.56 Å². The Morgan fingerprint density at radius 2 is 1.72 bits per heavy atom. The standard InChI is InChI=1S/C25H20Cl2N2O3/c1-16-3-5-17(6-4-16)15-32-23-8-7-18(10-24(23)31-2)9-19(14-28)25(30)29-22-12-20(26)11-21(27)13-22/h3-13H,15H2,1-2H3,(H,29,30)/b19-9-. The monoisotopic (exact) mass is 466 g/mol. The van der Waals surface area contributed by atoms with Gasteiger partial charge in [-0.3, -0.25) is 4.79 Å². The fourth-order valence-electron chi connectivity index (χ4n) is 2.88. The predicted molar refractivity (Wildman–Crippen MR) is 127 cm³/mol. The number of benzene rings is 3. The van der Waals surface area contributed by atoms with E-state index in [0.29, 0.717) is 39.4 Å². The number of nitrogens with one attached hydrogen (secondary N) is 1. The molecule has 7 heteroatoms. The Balaban J connectivity index is 1.76. The lowest BCUT2D eigenvalue weighted by molar-refractivity contribution is -0.112. The number of amides is 1. The van der Waals surface area contributed by atoms with E-state index < -0.39 is 5.91 Å². The topological polar surface area (TPSA) is 71.3 Å². The lowest BCUT2D eigenvalue weighted by Crippen LogP contribution is -2.13. The molecule has 3 aromatic rings. The molecule has 0 atom stereocenters. The summed E-state index contributed by atoms with van der Waals surface area (Å²) in [6, 6.07) is 19.8. The first-order chi connectivity index (χ1) is 15.4. The highest BCUT2D eigenvalue weighted by Crippen LogP contribution is 2.30. The Morgan fingerprint density at radius 1 is 1.03 bits per heavy atom. The van der Waals surface area contributed by atoms with E-state index in [1.165, 1.54) is 18.7 Å². The molecule has 0 saturated carbocycles. The summed E-state index contributed by atoms with van der Waals surface area (Å²) in [6.45, 7) is 2.42. The third kappa shape index (κ3) is 6.27. The van der Waals surface area contributed by atoms with E-state index in [9.17, 15) is 10.1 Å². The normalized spacial score (nSPS) is 10.9. The lowest BCUT2D eigenvalue weighted by Gasteiger charge is -2.12. The van der Waals surface area contributed by atoms with Crippen molar-refractivity contribution in [1.29, 1.82) is 5.26 Å². The van der Waals surface area contributed by atoms with E-state index in [1.54, 1.807) is 36.4 Å². The van der Waals surface area contributed by atoms with Crippen molar-refractivity contribution < 1.29 is 14.3 Å². The summed E-state index contributed by atoms with van der Waals surface area (Å²) >= 11 is 11.9. The second-order valence-electron chi connectivity index (χ2n) is 6.97. The van der Waals surface area contributed by atoms with E-state index in [4.69, 9.17) is 32.7 Å². The van der Waals surface area contributed by atoms with Gasteiger partial charge in [0.15, 0.2) is 11.5 Å². The molecule has 0 fully saturated rings. The second-order valence-corrected chi connectivity index (χ2v) is 7.84. The average molecular weight is 467 g/mol. The van der Waals surface area contributed by atoms with Gasteiger partial charge < -0.3 is 14.8 Å². The summed E-state index contributed by atoms with van der Waals surface area (Å²) < 4.78 is 11.3. The van der Waals surface area contributed by atoms with Crippen LogP contribution in [-0.4, -0.2) is 13.0 Å². The third-order valence-electron chi connectivity index (χ3n) is 4.50. The van der Waals surface area contributed by atoms with Crippen molar-refractivity contribution in [1.82, 2.24) is 0 Å². The molecule has 0 aliphatic heterocycles. The van der Waals surface area contributed by atoms with Crippen LogP contribution in [0.1, 0.15) is 16.7 Å². The Kier molecular flexibility index (Phi) is 7.77. The molecule has 0 aromatic heterocycles. The largest absolute Gasteiger partial charge is 0.493 e. The van der Waals surface area contributed by atoms with Crippen LogP contribution in [0.15, 0.2) is 66.2 Å². The van der Waals surface area contributed by atoms with Gasteiger partial charge in [-0.15, -0.1) is 0 Å². The van der Waals surface area contributed by atoms with E-state index in [2.05, 4.69) is 5.32 Å². The van der Waals surface area contributed by atoms with Crippen LogP contribution in [0.3, 0.4) is 0 Å². The molecule has 3 rings (SSSR count).